The molecule has 1 saturated carbocycles. The summed E-state index contributed by atoms with van der Waals surface area (Å²) in [6.45, 7) is 2.27. The van der Waals surface area contributed by atoms with Gasteiger partial charge in [-0.3, -0.25) is 0 Å². The van der Waals surface area contributed by atoms with Gasteiger partial charge in [-0.15, -0.1) is 0 Å². The summed E-state index contributed by atoms with van der Waals surface area (Å²) < 4.78 is 6.05. The lowest BCUT2D eigenvalue weighted by molar-refractivity contribution is 0.0698. The molecule has 21 heavy (non-hydrogen) atoms. The Bertz CT molecular complexity index is 660. The third kappa shape index (κ3) is 2.84. The Balaban J connectivity index is 1.93. The fourth-order valence-electron chi connectivity index (χ4n) is 2.94. The zero-order chi connectivity index (χ0) is 14.8. The number of pyridine rings is 1. The average molecular weight is 285 g/mol. The molecule has 1 aromatic heterocycles. The van der Waals surface area contributed by atoms with Crippen molar-refractivity contribution in [1.29, 1.82) is 0 Å². The van der Waals surface area contributed by atoms with Gasteiger partial charge >= 0.3 is 5.97 Å². The number of rotatable bonds is 3. The van der Waals surface area contributed by atoms with E-state index in [0.29, 0.717) is 11.3 Å². The van der Waals surface area contributed by atoms with Crippen molar-refractivity contribution < 1.29 is 14.6 Å². The number of aromatic carboxylic acids is 1. The summed E-state index contributed by atoms with van der Waals surface area (Å²) in [5.74, 6) is 0.357. The molecular weight excluding hydrogens is 266 g/mol. The van der Waals surface area contributed by atoms with E-state index in [0.717, 1.165) is 24.1 Å². The largest absolute Gasteiger partial charge is 0.478 e. The van der Waals surface area contributed by atoms with E-state index in [4.69, 9.17) is 4.74 Å². The first kappa shape index (κ1) is 13.9. The minimum Gasteiger partial charge on any atom is -0.478 e. The third-order valence-corrected chi connectivity index (χ3v) is 4.23. The van der Waals surface area contributed by atoms with Crippen molar-refractivity contribution >= 4 is 16.7 Å². The molecule has 2 aromatic rings. The number of aromatic nitrogens is 1. The Morgan fingerprint density at radius 1 is 1.19 bits per heavy atom. The van der Waals surface area contributed by atoms with Gasteiger partial charge in [0.15, 0.2) is 0 Å². The van der Waals surface area contributed by atoms with Gasteiger partial charge < -0.3 is 9.84 Å². The lowest BCUT2D eigenvalue weighted by atomic mass is 9.89. The number of nitrogens with zero attached hydrogens (tertiary/aromatic N) is 1. The second kappa shape index (κ2) is 5.72. The van der Waals surface area contributed by atoms with Gasteiger partial charge in [-0.1, -0.05) is 25.1 Å². The fraction of sp³-hybridized carbons (Fsp3) is 0.412. The number of carboxylic acids is 1. The molecule has 1 aliphatic rings. The van der Waals surface area contributed by atoms with Crippen molar-refractivity contribution in [3.8, 4) is 5.88 Å². The quantitative estimate of drug-likeness (QED) is 0.929. The minimum atomic E-state index is -0.961. The van der Waals surface area contributed by atoms with Crippen molar-refractivity contribution in [2.24, 2.45) is 5.92 Å². The van der Waals surface area contributed by atoms with E-state index in [-0.39, 0.29) is 11.7 Å². The van der Waals surface area contributed by atoms with Crippen LogP contribution in [0.4, 0.5) is 0 Å². The molecule has 1 heterocycles. The van der Waals surface area contributed by atoms with E-state index in [9.17, 15) is 9.90 Å². The van der Waals surface area contributed by atoms with Gasteiger partial charge in [0, 0.05) is 17.0 Å². The van der Waals surface area contributed by atoms with E-state index in [1.807, 2.05) is 18.2 Å². The maximum absolute atomic E-state index is 11.3. The molecule has 3 rings (SSSR count). The first-order valence-electron chi connectivity index (χ1n) is 7.43. The van der Waals surface area contributed by atoms with Crippen LogP contribution in [0.15, 0.2) is 30.5 Å². The van der Waals surface area contributed by atoms with E-state index >= 15 is 0 Å². The van der Waals surface area contributed by atoms with Gasteiger partial charge in [0.25, 0.3) is 0 Å². The van der Waals surface area contributed by atoms with Crippen LogP contribution in [0.2, 0.25) is 0 Å². The molecule has 1 aromatic carbocycles. The number of fused-ring (bicyclic) bond motifs is 1. The van der Waals surface area contributed by atoms with Crippen molar-refractivity contribution in [1.82, 2.24) is 4.98 Å². The molecule has 1 fully saturated rings. The number of carbonyl (C=O) groups is 1. The number of carboxylic acid groups (broad SMARTS) is 1. The molecule has 0 atom stereocenters. The molecule has 0 amide bonds. The standard InChI is InChI=1S/C17H19NO3/c1-11-6-8-12(9-7-11)21-16-14-5-3-2-4-13(14)15(10-18-16)17(19)20/h2-5,10-12H,6-9H2,1H3,(H,19,20). The third-order valence-electron chi connectivity index (χ3n) is 4.23. The Kier molecular flexibility index (Phi) is 3.78. The van der Waals surface area contributed by atoms with Crippen LogP contribution in [-0.2, 0) is 0 Å². The summed E-state index contributed by atoms with van der Waals surface area (Å²) >= 11 is 0. The van der Waals surface area contributed by atoms with Gasteiger partial charge in [0.1, 0.15) is 6.10 Å². The van der Waals surface area contributed by atoms with Crippen LogP contribution >= 0.6 is 0 Å². The van der Waals surface area contributed by atoms with Crippen LogP contribution in [0.1, 0.15) is 43.0 Å². The number of hydrogen-bond donors (Lipinski definition) is 1. The van der Waals surface area contributed by atoms with Crippen LogP contribution in [-0.4, -0.2) is 22.2 Å². The van der Waals surface area contributed by atoms with E-state index in [2.05, 4.69) is 11.9 Å². The summed E-state index contributed by atoms with van der Waals surface area (Å²) in [6.07, 6.45) is 6.01. The van der Waals surface area contributed by atoms with E-state index < -0.39 is 5.97 Å². The first-order valence-corrected chi connectivity index (χ1v) is 7.43. The maximum Gasteiger partial charge on any atom is 0.337 e. The normalized spacial score (nSPS) is 22.1. The second-order valence-corrected chi connectivity index (χ2v) is 5.83. The topological polar surface area (TPSA) is 59.4 Å². The van der Waals surface area contributed by atoms with Gasteiger partial charge in [0.05, 0.1) is 5.56 Å². The highest BCUT2D eigenvalue weighted by Gasteiger charge is 2.21. The molecule has 110 valence electrons. The summed E-state index contributed by atoms with van der Waals surface area (Å²) in [6, 6.07) is 7.39. The first-order chi connectivity index (χ1) is 10.1. The minimum absolute atomic E-state index is 0.188. The monoisotopic (exact) mass is 285 g/mol. The highest BCUT2D eigenvalue weighted by Crippen LogP contribution is 2.31. The van der Waals surface area contributed by atoms with Crippen molar-refractivity contribution in [2.45, 2.75) is 38.7 Å². The zero-order valence-electron chi connectivity index (χ0n) is 12.1. The second-order valence-electron chi connectivity index (χ2n) is 5.83. The molecule has 0 radical (unpaired) electrons. The molecule has 0 bridgehead atoms. The Morgan fingerprint density at radius 2 is 1.86 bits per heavy atom. The van der Waals surface area contributed by atoms with Gasteiger partial charge in [-0.05, 0) is 37.7 Å². The number of hydrogen-bond acceptors (Lipinski definition) is 3. The van der Waals surface area contributed by atoms with Crippen LogP contribution in [0, 0.1) is 5.92 Å². The summed E-state index contributed by atoms with van der Waals surface area (Å²) in [5.41, 5.74) is 0.218. The SMILES string of the molecule is CC1CCC(Oc2ncc(C(=O)O)c3ccccc23)CC1. The smallest absolute Gasteiger partial charge is 0.337 e. The molecule has 0 unspecified atom stereocenters. The lowest BCUT2D eigenvalue weighted by Crippen LogP contribution is -2.23. The van der Waals surface area contributed by atoms with E-state index in [1.54, 1.807) is 6.07 Å². The summed E-state index contributed by atoms with van der Waals surface area (Å²) in [4.78, 5) is 15.5. The predicted octanol–water partition coefficient (Wildman–Crippen LogP) is 3.89. The summed E-state index contributed by atoms with van der Waals surface area (Å²) in [5, 5.41) is 10.7. The van der Waals surface area contributed by atoms with Crippen LogP contribution in [0.3, 0.4) is 0 Å². The average Bonchev–Trinajstić information content (AvgIpc) is 2.49. The maximum atomic E-state index is 11.3. The number of ether oxygens (including phenoxy) is 1. The molecule has 1 aliphatic carbocycles. The van der Waals surface area contributed by atoms with Gasteiger partial charge in [-0.2, -0.15) is 0 Å². The highest BCUT2D eigenvalue weighted by atomic mass is 16.5. The highest BCUT2D eigenvalue weighted by molar-refractivity contribution is 6.04. The van der Waals surface area contributed by atoms with Crippen molar-refractivity contribution in [3.05, 3.63) is 36.0 Å². The van der Waals surface area contributed by atoms with Crippen LogP contribution < -0.4 is 4.74 Å². The number of benzene rings is 1. The molecule has 4 nitrogen and oxygen atoms in total. The molecule has 0 saturated heterocycles. The summed E-state index contributed by atoms with van der Waals surface area (Å²) in [7, 11) is 0. The van der Waals surface area contributed by atoms with Gasteiger partial charge in [0.2, 0.25) is 5.88 Å². The molecule has 4 heteroatoms. The van der Waals surface area contributed by atoms with Crippen molar-refractivity contribution in [2.75, 3.05) is 0 Å². The zero-order valence-corrected chi connectivity index (χ0v) is 12.1. The molecule has 1 N–H and O–H groups in total. The van der Waals surface area contributed by atoms with Crippen LogP contribution in [0.25, 0.3) is 10.8 Å². The van der Waals surface area contributed by atoms with Crippen LogP contribution in [0.5, 0.6) is 5.88 Å². The Morgan fingerprint density at radius 3 is 2.52 bits per heavy atom. The fourth-order valence-corrected chi connectivity index (χ4v) is 2.94. The lowest BCUT2D eigenvalue weighted by Gasteiger charge is -2.26. The van der Waals surface area contributed by atoms with E-state index in [1.165, 1.54) is 19.0 Å². The Labute approximate surface area is 123 Å². The molecule has 0 aliphatic heterocycles. The molecular formula is C17H19NO3. The van der Waals surface area contributed by atoms with Crippen molar-refractivity contribution in [3.63, 3.8) is 0 Å². The van der Waals surface area contributed by atoms with Gasteiger partial charge in [-0.25, -0.2) is 9.78 Å². The molecule has 0 spiro atoms. The Hall–Kier alpha value is -2.10. The predicted molar refractivity (Wildman–Crippen MR) is 80.8 cm³/mol.